The number of carbonyl (C=O) groups excluding carboxylic acids is 1. The van der Waals surface area contributed by atoms with Crippen LogP contribution in [-0.4, -0.2) is 20.6 Å². The summed E-state index contributed by atoms with van der Waals surface area (Å²) in [6.45, 7) is 2.66. The first-order chi connectivity index (χ1) is 13.0. The molecule has 0 radical (unpaired) electrons. The number of nitro benzene ring substituents is 1. The van der Waals surface area contributed by atoms with E-state index in [1.807, 2.05) is 31.2 Å². The van der Waals surface area contributed by atoms with Gasteiger partial charge >= 0.3 is 0 Å². The summed E-state index contributed by atoms with van der Waals surface area (Å²) in [4.78, 5) is 22.3. The van der Waals surface area contributed by atoms with E-state index in [9.17, 15) is 14.9 Å². The van der Waals surface area contributed by atoms with Gasteiger partial charge in [0, 0.05) is 30.5 Å². The largest absolute Gasteiger partial charge is 0.306 e. The molecule has 0 saturated carbocycles. The predicted molar refractivity (Wildman–Crippen MR) is 103 cm³/mol. The van der Waals surface area contributed by atoms with Gasteiger partial charge in [0.2, 0.25) is 5.91 Å². The second-order valence-corrected chi connectivity index (χ2v) is 6.00. The van der Waals surface area contributed by atoms with Crippen molar-refractivity contribution in [2.75, 3.05) is 5.32 Å². The van der Waals surface area contributed by atoms with E-state index in [0.29, 0.717) is 17.9 Å². The lowest BCUT2D eigenvalue weighted by atomic mass is 10.1. The molecule has 27 heavy (non-hydrogen) atoms. The Kier molecular flexibility index (Phi) is 5.41. The average Bonchev–Trinajstić information content (AvgIpc) is 3.09. The van der Waals surface area contributed by atoms with Crippen LogP contribution < -0.4 is 5.32 Å². The molecule has 3 aromatic rings. The van der Waals surface area contributed by atoms with Gasteiger partial charge in [-0.1, -0.05) is 36.4 Å². The van der Waals surface area contributed by atoms with Crippen molar-refractivity contribution >= 4 is 23.5 Å². The fourth-order valence-electron chi connectivity index (χ4n) is 2.56. The van der Waals surface area contributed by atoms with E-state index in [1.165, 1.54) is 29.8 Å². The summed E-state index contributed by atoms with van der Waals surface area (Å²) in [5.41, 5.74) is 2.89. The lowest BCUT2D eigenvalue weighted by Crippen LogP contribution is -2.09. The Hall–Kier alpha value is -3.74. The Morgan fingerprint density at radius 1 is 1.22 bits per heavy atom. The van der Waals surface area contributed by atoms with Gasteiger partial charge in [0.25, 0.3) is 5.69 Å². The second kappa shape index (κ2) is 8.09. The number of rotatable bonds is 6. The minimum absolute atomic E-state index is 0.0208. The SMILES string of the molecule is Cc1ccccc1Cn1ccc(NC(=O)/C=C/c2cccc([N+](=O)[O-])c2)n1. The van der Waals surface area contributed by atoms with Crippen LogP contribution >= 0.6 is 0 Å². The molecule has 0 aliphatic rings. The maximum atomic E-state index is 12.0. The summed E-state index contributed by atoms with van der Waals surface area (Å²) < 4.78 is 1.75. The van der Waals surface area contributed by atoms with Crippen molar-refractivity contribution < 1.29 is 9.72 Å². The first kappa shape index (κ1) is 18.1. The van der Waals surface area contributed by atoms with Gasteiger partial charge in [-0.05, 0) is 29.7 Å². The Balaban J connectivity index is 1.62. The monoisotopic (exact) mass is 362 g/mol. The summed E-state index contributed by atoms with van der Waals surface area (Å²) >= 11 is 0. The molecule has 0 unspecified atom stereocenters. The van der Waals surface area contributed by atoms with Crippen molar-refractivity contribution in [2.45, 2.75) is 13.5 Å². The normalized spacial score (nSPS) is 10.9. The number of non-ortho nitro benzene ring substituents is 1. The number of aromatic nitrogens is 2. The Bertz CT molecular complexity index is 1010. The molecule has 3 rings (SSSR count). The first-order valence-corrected chi connectivity index (χ1v) is 8.33. The molecule has 0 aliphatic heterocycles. The lowest BCUT2D eigenvalue weighted by Gasteiger charge is -2.05. The number of hydrogen-bond donors (Lipinski definition) is 1. The fraction of sp³-hybridized carbons (Fsp3) is 0.100. The molecule has 0 aliphatic carbocycles. The summed E-state index contributed by atoms with van der Waals surface area (Å²) in [6, 6.07) is 15.8. The zero-order chi connectivity index (χ0) is 19.2. The molecule has 0 bridgehead atoms. The van der Waals surface area contributed by atoms with Crippen molar-refractivity contribution in [3.8, 4) is 0 Å². The topological polar surface area (TPSA) is 90.1 Å². The molecular formula is C20H18N4O3. The number of anilines is 1. The van der Waals surface area contributed by atoms with E-state index in [-0.39, 0.29) is 11.6 Å². The second-order valence-electron chi connectivity index (χ2n) is 6.00. The number of aryl methyl sites for hydroxylation is 1. The highest BCUT2D eigenvalue weighted by Gasteiger charge is 2.06. The van der Waals surface area contributed by atoms with Crippen molar-refractivity contribution in [2.24, 2.45) is 0 Å². The molecule has 1 aromatic heterocycles. The highest BCUT2D eigenvalue weighted by atomic mass is 16.6. The van der Waals surface area contributed by atoms with E-state index >= 15 is 0 Å². The molecule has 0 spiro atoms. The third kappa shape index (κ3) is 4.88. The summed E-state index contributed by atoms with van der Waals surface area (Å²) in [5, 5.41) is 17.8. The van der Waals surface area contributed by atoms with Gasteiger partial charge < -0.3 is 5.32 Å². The van der Waals surface area contributed by atoms with Crippen LogP contribution in [0.3, 0.4) is 0 Å². The zero-order valence-electron chi connectivity index (χ0n) is 14.7. The van der Waals surface area contributed by atoms with E-state index < -0.39 is 4.92 Å². The first-order valence-electron chi connectivity index (χ1n) is 8.33. The minimum Gasteiger partial charge on any atom is -0.306 e. The van der Waals surface area contributed by atoms with Crippen molar-refractivity contribution in [3.63, 3.8) is 0 Å². The third-order valence-corrected chi connectivity index (χ3v) is 3.99. The Labute approximate surface area is 156 Å². The summed E-state index contributed by atoms with van der Waals surface area (Å²) in [7, 11) is 0. The van der Waals surface area contributed by atoms with Crippen LogP contribution in [0, 0.1) is 17.0 Å². The maximum Gasteiger partial charge on any atom is 0.270 e. The molecule has 0 atom stereocenters. The van der Waals surface area contributed by atoms with E-state index in [1.54, 1.807) is 29.1 Å². The molecule has 1 amide bonds. The van der Waals surface area contributed by atoms with Gasteiger partial charge in [0.1, 0.15) is 0 Å². The van der Waals surface area contributed by atoms with E-state index in [2.05, 4.69) is 10.4 Å². The Morgan fingerprint density at radius 2 is 2.04 bits per heavy atom. The number of amides is 1. The smallest absolute Gasteiger partial charge is 0.270 e. The summed E-state index contributed by atoms with van der Waals surface area (Å²) in [5.74, 6) is 0.0833. The molecule has 7 heteroatoms. The molecule has 0 fully saturated rings. The van der Waals surface area contributed by atoms with E-state index in [4.69, 9.17) is 0 Å². The predicted octanol–water partition coefficient (Wildman–Crippen LogP) is 3.80. The average molecular weight is 362 g/mol. The molecule has 0 saturated heterocycles. The number of hydrogen-bond acceptors (Lipinski definition) is 4. The van der Waals surface area contributed by atoms with Gasteiger partial charge in [0.15, 0.2) is 5.82 Å². The van der Waals surface area contributed by atoms with Gasteiger partial charge in [-0.25, -0.2) is 0 Å². The van der Waals surface area contributed by atoms with Crippen LogP contribution in [0.5, 0.6) is 0 Å². The number of nitrogens with one attached hydrogen (secondary N) is 1. The third-order valence-electron chi connectivity index (χ3n) is 3.99. The van der Waals surface area contributed by atoms with Gasteiger partial charge in [0.05, 0.1) is 11.5 Å². The van der Waals surface area contributed by atoms with Gasteiger partial charge in [-0.15, -0.1) is 0 Å². The van der Waals surface area contributed by atoms with Gasteiger partial charge in [-0.3, -0.25) is 19.6 Å². The number of carbonyl (C=O) groups is 1. The van der Waals surface area contributed by atoms with E-state index in [0.717, 1.165) is 5.56 Å². The maximum absolute atomic E-state index is 12.0. The lowest BCUT2D eigenvalue weighted by molar-refractivity contribution is -0.384. The molecule has 136 valence electrons. The molecule has 1 N–H and O–H groups in total. The quantitative estimate of drug-likeness (QED) is 0.410. The van der Waals surface area contributed by atoms with Crippen molar-refractivity contribution in [1.29, 1.82) is 0 Å². The summed E-state index contributed by atoms with van der Waals surface area (Å²) in [6.07, 6.45) is 4.64. The van der Waals surface area contributed by atoms with Crippen LogP contribution in [0.15, 0.2) is 66.9 Å². The van der Waals surface area contributed by atoms with Crippen molar-refractivity contribution in [1.82, 2.24) is 9.78 Å². The van der Waals surface area contributed by atoms with Crippen LogP contribution in [-0.2, 0) is 11.3 Å². The molecule has 1 heterocycles. The van der Waals surface area contributed by atoms with Crippen LogP contribution in [0.2, 0.25) is 0 Å². The van der Waals surface area contributed by atoms with Crippen LogP contribution in [0.1, 0.15) is 16.7 Å². The molecule has 2 aromatic carbocycles. The van der Waals surface area contributed by atoms with Crippen LogP contribution in [0.4, 0.5) is 11.5 Å². The van der Waals surface area contributed by atoms with Crippen LogP contribution in [0.25, 0.3) is 6.08 Å². The van der Waals surface area contributed by atoms with Gasteiger partial charge in [-0.2, -0.15) is 5.10 Å². The molecular weight excluding hydrogens is 344 g/mol. The number of nitro groups is 1. The number of benzene rings is 2. The standard InChI is InChI=1S/C20H18N4O3/c1-15-5-2-3-7-17(15)14-23-12-11-19(22-23)21-20(25)10-9-16-6-4-8-18(13-16)24(26)27/h2-13H,14H2,1H3,(H,21,22,25)/b10-9+. The fourth-order valence-corrected chi connectivity index (χ4v) is 2.56. The van der Waals surface area contributed by atoms with Crippen molar-refractivity contribution in [3.05, 3.63) is 93.7 Å². The highest BCUT2D eigenvalue weighted by Crippen LogP contribution is 2.14. The molecule has 7 nitrogen and oxygen atoms in total. The Morgan fingerprint density at radius 3 is 2.81 bits per heavy atom. The highest BCUT2D eigenvalue weighted by molar-refractivity contribution is 6.01. The zero-order valence-corrected chi connectivity index (χ0v) is 14.7. The minimum atomic E-state index is -0.474. The number of nitrogens with zero attached hydrogens (tertiary/aromatic N) is 3.